The first-order chi connectivity index (χ1) is 22.3. The van der Waals surface area contributed by atoms with Crippen LogP contribution < -0.4 is 0 Å². The quantitative estimate of drug-likeness (QED) is 0.210. The third kappa shape index (κ3) is 3.38. The number of nitrogens with zero attached hydrogens (tertiary/aromatic N) is 5. The van der Waals surface area contributed by atoms with Gasteiger partial charge >= 0.3 is 0 Å². The highest BCUT2D eigenvalue weighted by Crippen LogP contribution is 2.38. The van der Waals surface area contributed by atoms with Gasteiger partial charge in [0.1, 0.15) is 0 Å². The Morgan fingerprint density at radius 1 is 0.311 bits per heavy atom. The van der Waals surface area contributed by atoms with Crippen LogP contribution in [0.15, 0.2) is 152 Å². The van der Waals surface area contributed by atoms with Gasteiger partial charge in [0, 0.05) is 57.1 Å². The Morgan fingerprint density at radius 2 is 0.600 bits per heavy atom. The minimum absolute atomic E-state index is 1.07. The summed E-state index contributed by atoms with van der Waals surface area (Å²) in [7, 11) is 0. The molecule has 210 valence electrons. The smallest absolute Gasteiger partial charge is 0.0572 e. The first kappa shape index (κ1) is 24.3. The van der Waals surface area contributed by atoms with Crippen molar-refractivity contribution >= 4 is 65.4 Å². The highest BCUT2D eigenvalue weighted by molar-refractivity contribution is 6.11. The average molecular weight is 576 g/mol. The monoisotopic (exact) mass is 575 g/mol. The zero-order valence-corrected chi connectivity index (χ0v) is 24.2. The second-order valence-electron chi connectivity index (χ2n) is 11.6. The van der Waals surface area contributed by atoms with E-state index >= 15 is 0 Å². The second kappa shape index (κ2) is 9.15. The standard InChI is InChI=1S/C40H25N5/c1-5-13-35-29(9-1)30-10-2-6-14-36(30)43(35)26-21-27(44-37-15-7-3-11-31(37)32-12-4-8-16-38(32)44)23-28(22-26)45-39-17-19-41-24-33(39)34-25-42-20-18-40(34)45/h1-25H. The zero-order valence-electron chi connectivity index (χ0n) is 24.2. The molecule has 0 fully saturated rings. The fourth-order valence-corrected chi connectivity index (χ4v) is 7.36. The first-order valence-electron chi connectivity index (χ1n) is 15.2. The Morgan fingerprint density at radius 3 is 0.933 bits per heavy atom. The molecule has 0 saturated carbocycles. The van der Waals surface area contributed by atoms with Crippen molar-refractivity contribution in [1.82, 2.24) is 23.7 Å². The van der Waals surface area contributed by atoms with Gasteiger partial charge in [-0.3, -0.25) is 9.97 Å². The van der Waals surface area contributed by atoms with E-state index in [2.05, 4.69) is 151 Å². The summed E-state index contributed by atoms with van der Waals surface area (Å²) in [4.78, 5) is 8.95. The number of benzene rings is 5. The van der Waals surface area contributed by atoms with Gasteiger partial charge in [0.05, 0.1) is 50.2 Å². The molecule has 5 aromatic carbocycles. The molecule has 0 aliphatic heterocycles. The summed E-state index contributed by atoms with van der Waals surface area (Å²) in [6.07, 6.45) is 7.63. The van der Waals surface area contributed by atoms with Crippen LogP contribution in [-0.2, 0) is 0 Å². The van der Waals surface area contributed by atoms with Crippen molar-refractivity contribution in [3.8, 4) is 17.1 Å². The van der Waals surface area contributed by atoms with Crippen LogP contribution in [0, 0.1) is 0 Å². The third-order valence-electron chi connectivity index (χ3n) is 9.19. The SMILES string of the molecule is c1ccc2c(c1)c1ccccc1n2-c1cc(-n2c3ccccc3c3ccccc32)cc(-n2c3ccncc3c3cnccc32)c1. The summed E-state index contributed by atoms with van der Waals surface area (Å²) >= 11 is 0. The Bertz CT molecular complexity index is 2300. The third-order valence-corrected chi connectivity index (χ3v) is 9.19. The van der Waals surface area contributed by atoms with Crippen molar-refractivity contribution in [2.45, 2.75) is 0 Å². The van der Waals surface area contributed by atoms with E-state index < -0.39 is 0 Å². The van der Waals surface area contributed by atoms with Crippen molar-refractivity contribution in [3.05, 3.63) is 152 Å². The van der Waals surface area contributed by atoms with E-state index in [0.29, 0.717) is 0 Å². The van der Waals surface area contributed by atoms with E-state index in [1.54, 1.807) is 0 Å². The van der Waals surface area contributed by atoms with E-state index in [9.17, 15) is 0 Å². The predicted molar refractivity (Wildman–Crippen MR) is 185 cm³/mol. The lowest BCUT2D eigenvalue weighted by Gasteiger charge is -2.17. The minimum atomic E-state index is 1.07. The summed E-state index contributed by atoms with van der Waals surface area (Å²) in [6.45, 7) is 0. The lowest BCUT2D eigenvalue weighted by atomic mass is 10.2. The van der Waals surface area contributed by atoms with Gasteiger partial charge in [0.25, 0.3) is 0 Å². The van der Waals surface area contributed by atoms with Gasteiger partial charge in [0.2, 0.25) is 0 Å². The Balaban J connectivity index is 1.38. The Kier molecular flexibility index (Phi) is 4.93. The highest BCUT2D eigenvalue weighted by atomic mass is 15.0. The molecule has 5 aromatic heterocycles. The van der Waals surface area contributed by atoms with Gasteiger partial charge in [-0.2, -0.15) is 0 Å². The maximum Gasteiger partial charge on any atom is 0.0572 e. The molecule has 0 spiro atoms. The van der Waals surface area contributed by atoms with E-state index in [1.807, 2.05) is 24.8 Å². The van der Waals surface area contributed by atoms with Gasteiger partial charge in [0.15, 0.2) is 0 Å². The van der Waals surface area contributed by atoms with E-state index in [4.69, 9.17) is 0 Å². The van der Waals surface area contributed by atoms with Crippen molar-refractivity contribution in [2.75, 3.05) is 0 Å². The number of pyridine rings is 2. The molecule has 5 heteroatoms. The van der Waals surface area contributed by atoms with Crippen molar-refractivity contribution in [3.63, 3.8) is 0 Å². The fourth-order valence-electron chi connectivity index (χ4n) is 7.36. The van der Waals surface area contributed by atoms with Gasteiger partial charge in [-0.1, -0.05) is 72.8 Å². The number of hydrogen-bond donors (Lipinski definition) is 0. The molecule has 5 heterocycles. The zero-order chi connectivity index (χ0) is 29.5. The number of para-hydroxylation sites is 4. The number of rotatable bonds is 3. The van der Waals surface area contributed by atoms with E-state index in [0.717, 1.165) is 38.9 Å². The van der Waals surface area contributed by atoms with Gasteiger partial charge in [-0.05, 0) is 54.6 Å². The van der Waals surface area contributed by atoms with Crippen molar-refractivity contribution in [1.29, 1.82) is 0 Å². The van der Waals surface area contributed by atoms with Crippen molar-refractivity contribution in [2.24, 2.45) is 0 Å². The van der Waals surface area contributed by atoms with Crippen LogP contribution in [0.5, 0.6) is 0 Å². The largest absolute Gasteiger partial charge is 0.309 e. The number of fused-ring (bicyclic) bond motifs is 9. The lowest BCUT2D eigenvalue weighted by Crippen LogP contribution is -2.03. The normalized spacial score (nSPS) is 12.0. The molecule has 10 aromatic rings. The molecule has 0 bridgehead atoms. The molecule has 0 unspecified atom stereocenters. The minimum Gasteiger partial charge on any atom is -0.309 e. The van der Waals surface area contributed by atoms with Gasteiger partial charge in [-0.25, -0.2) is 0 Å². The molecule has 0 aliphatic carbocycles. The highest BCUT2D eigenvalue weighted by Gasteiger charge is 2.19. The van der Waals surface area contributed by atoms with Gasteiger partial charge < -0.3 is 13.7 Å². The Labute approximate surface area is 257 Å². The Hall–Kier alpha value is -6.20. The van der Waals surface area contributed by atoms with Crippen LogP contribution in [0.4, 0.5) is 0 Å². The molecule has 0 saturated heterocycles. The number of hydrogen-bond acceptors (Lipinski definition) is 2. The molecule has 0 atom stereocenters. The van der Waals surface area contributed by atoms with Crippen LogP contribution >= 0.6 is 0 Å². The average Bonchev–Trinajstić information content (AvgIpc) is 3.74. The van der Waals surface area contributed by atoms with Crippen LogP contribution in [0.3, 0.4) is 0 Å². The molecule has 10 rings (SSSR count). The fraction of sp³-hybridized carbons (Fsp3) is 0. The summed E-state index contributed by atoms with van der Waals surface area (Å²) in [5.41, 5.74) is 10.2. The van der Waals surface area contributed by atoms with Gasteiger partial charge in [-0.15, -0.1) is 0 Å². The van der Waals surface area contributed by atoms with Crippen LogP contribution in [0.25, 0.3) is 82.5 Å². The summed E-state index contributed by atoms with van der Waals surface area (Å²) in [6, 6.07) is 45.9. The molecule has 45 heavy (non-hydrogen) atoms. The molecular weight excluding hydrogens is 550 g/mol. The molecule has 0 amide bonds. The summed E-state index contributed by atoms with van der Waals surface area (Å²) in [5, 5.41) is 7.14. The molecule has 0 aliphatic rings. The second-order valence-corrected chi connectivity index (χ2v) is 11.6. The summed E-state index contributed by atoms with van der Waals surface area (Å²) in [5.74, 6) is 0. The lowest BCUT2D eigenvalue weighted by molar-refractivity contribution is 1.09. The molecular formula is C40H25N5. The first-order valence-corrected chi connectivity index (χ1v) is 15.2. The van der Waals surface area contributed by atoms with E-state index in [1.165, 1.54) is 43.6 Å². The van der Waals surface area contributed by atoms with E-state index in [-0.39, 0.29) is 0 Å². The van der Waals surface area contributed by atoms with Crippen LogP contribution in [0.1, 0.15) is 0 Å². The molecule has 0 radical (unpaired) electrons. The molecule has 0 N–H and O–H groups in total. The topological polar surface area (TPSA) is 40.6 Å². The van der Waals surface area contributed by atoms with Crippen LogP contribution in [-0.4, -0.2) is 23.7 Å². The number of aromatic nitrogens is 5. The van der Waals surface area contributed by atoms with Crippen molar-refractivity contribution < 1.29 is 0 Å². The molecule has 5 nitrogen and oxygen atoms in total. The van der Waals surface area contributed by atoms with Crippen LogP contribution in [0.2, 0.25) is 0 Å². The summed E-state index contributed by atoms with van der Waals surface area (Å²) < 4.78 is 7.16. The predicted octanol–water partition coefficient (Wildman–Crippen LogP) is 9.77. The maximum absolute atomic E-state index is 4.47. The maximum atomic E-state index is 4.47.